The van der Waals surface area contributed by atoms with Gasteiger partial charge in [-0.2, -0.15) is 5.10 Å². The lowest BCUT2D eigenvalue weighted by atomic mass is 10.1. The van der Waals surface area contributed by atoms with Gasteiger partial charge in [-0.1, -0.05) is 40.2 Å². The van der Waals surface area contributed by atoms with Crippen molar-refractivity contribution in [3.8, 4) is 5.75 Å². The fourth-order valence-electron chi connectivity index (χ4n) is 2.27. The van der Waals surface area contributed by atoms with Crippen molar-refractivity contribution < 1.29 is 9.53 Å². The molecule has 128 valence electrons. The van der Waals surface area contributed by atoms with Gasteiger partial charge in [-0.05, 0) is 35.4 Å². The van der Waals surface area contributed by atoms with Crippen molar-refractivity contribution in [3.05, 3.63) is 76.8 Å². The fraction of sp³-hybridized carbons (Fsp3) is 0.167. The molecule has 0 aliphatic heterocycles. The molecule has 0 aliphatic rings. The Balaban J connectivity index is 1.47. The second-order valence-corrected chi connectivity index (χ2v) is 6.35. The largest absolute Gasteiger partial charge is 0.484 e. The highest BCUT2D eigenvalue weighted by molar-refractivity contribution is 9.10. The molecule has 0 fully saturated rings. The highest BCUT2D eigenvalue weighted by atomic mass is 79.9. The summed E-state index contributed by atoms with van der Waals surface area (Å²) in [4.78, 5) is 15.9. The maximum absolute atomic E-state index is 11.9. The molecule has 1 aromatic heterocycles. The van der Waals surface area contributed by atoms with E-state index in [9.17, 15) is 4.79 Å². The van der Waals surface area contributed by atoms with E-state index in [0.717, 1.165) is 15.6 Å². The number of ether oxygens (including phenoxy) is 1. The first kappa shape index (κ1) is 17.2. The quantitative estimate of drug-likeness (QED) is 0.661. The van der Waals surface area contributed by atoms with E-state index in [-0.39, 0.29) is 12.5 Å². The average Bonchev–Trinajstić information content (AvgIpc) is 3.13. The van der Waals surface area contributed by atoms with Crippen molar-refractivity contribution in [2.45, 2.75) is 13.1 Å². The van der Waals surface area contributed by atoms with Crippen molar-refractivity contribution in [1.82, 2.24) is 20.1 Å². The number of amides is 1. The molecule has 0 saturated carbocycles. The molecule has 6 nitrogen and oxygen atoms in total. The Labute approximate surface area is 154 Å². The molecule has 0 saturated heterocycles. The normalized spacial score (nSPS) is 10.4. The molecule has 25 heavy (non-hydrogen) atoms. The number of benzene rings is 2. The maximum Gasteiger partial charge on any atom is 0.258 e. The average molecular weight is 401 g/mol. The molecule has 0 unspecified atom stereocenters. The molecule has 1 heterocycles. The Morgan fingerprint density at radius 3 is 2.72 bits per heavy atom. The van der Waals surface area contributed by atoms with E-state index in [2.05, 4.69) is 31.3 Å². The van der Waals surface area contributed by atoms with E-state index in [0.29, 0.717) is 18.8 Å². The predicted octanol–water partition coefficient (Wildman–Crippen LogP) is 2.78. The van der Waals surface area contributed by atoms with Gasteiger partial charge in [-0.25, -0.2) is 9.67 Å². The summed E-state index contributed by atoms with van der Waals surface area (Å²) < 4.78 is 8.18. The highest BCUT2D eigenvalue weighted by Gasteiger charge is 2.04. The van der Waals surface area contributed by atoms with Crippen LogP contribution in [0.4, 0.5) is 0 Å². The Morgan fingerprint density at radius 2 is 1.96 bits per heavy atom. The van der Waals surface area contributed by atoms with E-state index in [1.54, 1.807) is 11.0 Å². The second-order valence-electron chi connectivity index (χ2n) is 5.43. The molecule has 0 bridgehead atoms. The van der Waals surface area contributed by atoms with Crippen LogP contribution in [0.15, 0.2) is 65.7 Å². The zero-order valence-electron chi connectivity index (χ0n) is 13.4. The van der Waals surface area contributed by atoms with Crippen LogP contribution in [0.5, 0.6) is 5.75 Å². The maximum atomic E-state index is 11.9. The van der Waals surface area contributed by atoms with Crippen LogP contribution in [0.1, 0.15) is 11.1 Å². The molecule has 3 aromatic rings. The molecule has 0 atom stereocenters. The predicted molar refractivity (Wildman–Crippen MR) is 97.0 cm³/mol. The molecule has 0 aliphatic carbocycles. The molecule has 1 amide bonds. The fourth-order valence-corrected chi connectivity index (χ4v) is 2.54. The minimum Gasteiger partial charge on any atom is -0.484 e. The lowest BCUT2D eigenvalue weighted by Crippen LogP contribution is -2.28. The number of carbonyl (C=O) groups excluding carboxylic acids is 1. The van der Waals surface area contributed by atoms with Gasteiger partial charge >= 0.3 is 0 Å². The van der Waals surface area contributed by atoms with Crippen LogP contribution in [0.25, 0.3) is 0 Å². The monoisotopic (exact) mass is 400 g/mol. The number of nitrogens with zero attached hydrogens (tertiary/aromatic N) is 3. The van der Waals surface area contributed by atoms with Gasteiger partial charge in [0.1, 0.15) is 18.4 Å². The number of carbonyl (C=O) groups is 1. The summed E-state index contributed by atoms with van der Waals surface area (Å²) in [5.74, 6) is 0.498. The lowest BCUT2D eigenvalue weighted by Gasteiger charge is -2.09. The first-order chi connectivity index (χ1) is 12.2. The third-order valence-corrected chi connectivity index (χ3v) is 4.00. The molecule has 7 heteroatoms. The molecular formula is C18H17BrN4O2. The topological polar surface area (TPSA) is 69.0 Å². The van der Waals surface area contributed by atoms with Crippen molar-refractivity contribution in [3.63, 3.8) is 0 Å². The molecule has 2 aromatic carbocycles. The van der Waals surface area contributed by atoms with Gasteiger partial charge in [0.2, 0.25) is 0 Å². The minimum atomic E-state index is -0.162. The summed E-state index contributed by atoms with van der Waals surface area (Å²) in [6.07, 6.45) is 3.18. The summed E-state index contributed by atoms with van der Waals surface area (Å²) in [6.45, 7) is 1.09. The van der Waals surface area contributed by atoms with Crippen LogP contribution in [0.2, 0.25) is 0 Å². The number of rotatable bonds is 7. The van der Waals surface area contributed by atoms with E-state index in [1.807, 2.05) is 48.5 Å². The van der Waals surface area contributed by atoms with Crippen LogP contribution in [0.3, 0.4) is 0 Å². The summed E-state index contributed by atoms with van der Waals surface area (Å²) >= 11 is 3.36. The van der Waals surface area contributed by atoms with Crippen LogP contribution >= 0.6 is 15.9 Å². The van der Waals surface area contributed by atoms with Gasteiger partial charge in [-0.15, -0.1) is 0 Å². The Kier molecular flexibility index (Phi) is 5.79. The molecule has 0 spiro atoms. The molecule has 3 rings (SSSR count). The van der Waals surface area contributed by atoms with E-state index >= 15 is 0 Å². The summed E-state index contributed by atoms with van der Waals surface area (Å²) in [5.41, 5.74) is 2.12. The van der Waals surface area contributed by atoms with Crippen LogP contribution in [0, 0.1) is 0 Å². The minimum absolute atomic E-state index is 0.0136. The zero-order valence-corrected chi connectivity index (χ0v) is 15.0. The van der Waals surface area contributed by atoms with Crippen molar-refractivity contribution in [2.75, 3.05) is 6.61 Å². The summed E-state index contributed by atoms with van der Waals surface area (Å²) in [5, 5.41) is 6.95. The Morgan fingerprint density at radius 1 is 1.16 bits per heavy atom. The number of hydrogen-bond acceptors (Lipinski definition) is 4. The van der Waals surface area contributed by atoms with Crippen LogP contribution in [-0.4, -0.2) is 27.3 Å². The third kappa shape index (κ3) is 5.42. The number of hydrogen-bond donors (Lipinski definition) is 1. The standard InChI is InChI=1S/C18H17BrN4O2/c19-16-4-6-17(7-5-16)25-11-18(24)21-9-14-2-1-3-15(8-14)10-23-13-20-12-22-23/h1-8,12-13H,9-11H2,(H,21,24). The first-order valence-corrected chi connectivity index (χ1v) is 8.53. The van der Waals surface area contributed by atoms with Gasteiger partial charge in [0.25, 0.3) is 5.91 Å². The van der Waals surface area contributed by atoms with E-state index in [1.165, 1.54) is 6.33 Å². The Hall–Kier alpha value is -2.67. The zero-order chi connectivity index (χ0) is 17.5. The Bertz CT molecular complexity index is 819. The molecular weight excluding hydrogens is 384 g/mol. The van der Waals surface area contributed by atoms with E-state index in [4.69, 9.17) is 4.74 Å². The third-order valence-electron chi connectivity index (χ3n) is 3.48. The number of nitrogens with one attached hydrogen (secondary N) is 1. The van der Waals surface area contributed by atoms with Crippen LogP contribution < -0.4 is 10.1 Å². The van der Waals surface area contributed by atoms with Gasteiger partial charge in [0.15, 0.2) is 6.61 Å². The first-order valence-electron chi connectivity index (χ1n) is 7.74. The summed E-state index contributed by atoms with van der Waals surface area (Å²) in [7, 11) is 0. The van der Waals surface area contributed by atoms with Crippen molar-refractivity contribution in [2.24, 2.45) is 0 Å². The molecule has 1 N–H and O–H groups in total. The van der Waals surface area contributed by atoms with Gasteiger partial charge in [0, 0.05) is 11.0 Å². The van der Waals surface area contributed by atoms with Gasteiger partial charge in [-0.3, -0.25) is 4.79 Å². The van der Waals surface area contributed by atoms with Gasteiger partial charge in [0.05, 0.1) is 6.54 Å². The SMILES string of the molecule is O=C(COc1ccc(Br)cc1)NCc1cccc(Cn2cncn2)c1. The highest BCUT2D eigenvalue weighted by Crippen LogP contribution is 2.15. The second kappa shape index (κ2) is 8.43. The molecule has 0 radical (unpaired) electrons. The smallest absolute Gasteiger partial charge is 0.258 e. The van der Waals surface area contributed by atoms with Gasteiger partial charge < -0.3 is 10.1 Å². The number of aromatic nitrogens is 3. The summed E-state index contributed by atoms with van der Waals surface area (Å²) in [6, 6.07) is 15.4. The van der Waals surface area contributed by atoms with Crippen LogP contribution in [-0.2, 0) is 17.9 Å². The lowest BCUT2D eigenvalue weighted by molar-refractivity contribution is -0.123. The van der Waals surface area contributed by atoms with E-state index < -0.39 is 0 Å². The number of halogens is 1. The van der Waals surface area contributed by atoms with Crippen molar-refractivity contribution in [1.29, 1.82) is 0 Å². The van der Waals surface area contributed by atoms with Crippen molar-refractivity contribution >= 4 is 21.8 Å².